The Balaban J connectivity index is 2.05. The summed E-state index contributed by atoms with van der Waals surface area (Å²) in [5.74, 6) is -4.30. The first-order valence-corrected chi connectivity index (χ1v) is 6.97. The summed E-state index contributed by atoms with van der Waals surface area (Å²) in [6.45, 7) is 5.27. The number of nitrogens with one attached hydrogen (secondary N) is 2. The summed E-state index contributed by atoms with van der Waals surface area (Å²) in [5.41, 5.74) is -0.754. The van der Waals surface area contributed by atoms with Gasteiger partial charge in [0, 0.05) is 24.7 Å². The van der Waals surface area contributed by atoms with E-state index < -0.39 is 28.9 Å². The Kier molecular flexibility index (Phi) is 4.56. The van der Waals surface area contributed by atoms with Crippen molar-refractivity contribution in [2.45, 2.75) is 32.7 Å². The van der Waals surface area contributed by atoms with Gasteiger partial charge in [-0.15, -0.1) is 0 Å². The van der Waals surface area contributed by atoms with E-state index in [-0.39, 0.29) is 18.0 Å². The Bertz CT molecular complexity index is 523. The first-order chi connectivity index (χ1) is 9.81. The molecule has 1 amide bonds. The molecule has 116 valence electrons. The largest absolute Gasteiger partial charge is 0.350 e. The topological polar surface area (TPSA) is 41.1 Å². The number of benzene rings is 1. The molecule has 0 aliphatic carbocycles. The highest BCUT2D eigenvalue weighted by Crippen LogP contribution is 2.29. The fraction of sp³-hybridized carbons (Fsp3) is 0.533. The van der Waals surface area contributed by atoms with E-state index in [9.17, 15) is 18.0 Å². The molecule has 1 saturated heterocycles. The van der Waals surface area contributed by atoms with Crippen LogP contribution in [0.3, 0.4) is 0 Å². The maximum absolute atomic E-state index is 13.5. The third kappa shape index (κ3) is 3.56. The average Bonchev–Trinajstić information content (AvgIpc) is 2.35. The fourth-order valence-electron chi connectivity index (χ4n) is 2.66. The second-order valence-corrected chi connectivity index (χ2v) is 6.05. The summed E-state index contributed by atoms with van der Waals surface area (Å²) in [6, 6.07) is 1.03. The van der Waals surface area contributed by atoms with Crippen LogP contribution in [0.4, 0.5) is 13.2 Å². The standard InChI is InChI=1S/C15H19F3N2O/c1-15(2)4-3-5-19-12(15)8-20-14(21)13-10(17)6-9(16)7-11(13)18/h6-7,12,19H,3-5,8H2,1-2H3,(H,20,21). The Morgan fingerprint density at radius 1 is 1.33 bits per heavy atom. The van der Waals surface area contributed by atoms with Gasteiger partial charge in [0.25, 0.3) is 5.91 Å². The van der Waals surface area contributed by atoms with Crippen LogP contribution in [0.15, 0.2) is 12.1 Å². The summed E-state index contributed by atoms with van der Waals surface area (Å²) in [6.07, 6.45) is 2.07. The van der Waals surface area contributed by atoms with Crippen molar-refractivity contribution in [3.05, 3.63) is 35.1 Å². The van der Waals surface area contributed by atoms with Crippen LogP contribution < -0.4 is 10.6 Å². The molecule has 0 aromatic heterocycles. The quantitative estimate of drug-likeness (QED) is 0.901. The molecule has 0 radical (unpaired) electrons. The lowest BCUT2D eigenvalue weighted by atomic mass is 9.77. The third-order valence-electron chi connectivity index (χ3n) is 4.03. The monoisotopic (exact) mass is 300 g/mol. The Labute approximate surface area is 121 Å². The van der Waals surface area contributed by atoms with E-state index in [4.69, 9.17) is 0 Å². The molecule has 0 saturated carbocycles. The van der Waals surface area contributed by atoms with Gasteiger partial charge in [0.1, 0.15) is 23.0 Å². The molecule has 2 N–H and O–H groups in total. The van der Waals surface area contributed by atoms with Crippen LogP contribution in [-0.2, 0) is 0 Å². The molecule has 2 rings (SSSR count). The summed E-state index contributed by atoms with van der Waals surface area (Å²) in [7, 11) is 0. The normalized spacial score (nSPS) is 21.1. The molecular weight excluding hydrogens is 281 g/mol. The van der Waals surface area contributed by atoms with Gasteiger partial charge in [-0.05, 0) is 24.8 Å². The van der Waals surface area contributed by atoms with Gasteiger partial charge in [0.15, 0.2) is 0 Å². The Morgan fingerprint density at radius 2 is 1.95 bits per heavy atom. The summed E-state index contributed by atoms with van der Waals surface area (Å²) < 4.78 is 39.9. The van der Waals surface area contributed by atoms with E-state index in [0.717, 1.165) is 19.4 Å². The predicted octanol–water partition coefficient (Wildman–Crippen LogP) is 2.61. The molecule has 21 heavy (non-hydrogen) atoms. The molecule has 1 aliphatic heterocycles. The van der Waals surface area contributed by atoms with Gasteiger partial charge in [-0.3, -0.25) is 4.79 Å². The number of rotatable bonds is 3. The van der Waals surface area contributed by atoms with E-state index in [1.807, 2.05) is 0 Å². The van der Waals surface area contributed by atoms with E-state index in [1.165, 1.54) is 0 Å². The van der Waals surface area contributed by atoms with Crippen LogP contribution >= 0.6 is 0 Å². The highest BCUT2D eigenvalue weighted by Gasteiger charge is 2.32. The minimum absolute atomic E-state index is 0.00852. The van der Waals surface area contributed by atoms with Crippen molar-refractivity contribution < 1.29 is 18.0 Å². The molecule has 0 bridgehead atoms. The maximum atomic E-state index is 13.5. The lowest BCUT2D eigenvalue weighted by Gasteiger charge is -2.39. The van der Waals surface area contributed by atoms with Crippen LogP contribution in [-0.4, -0.2) is 25.0 Å². The van der Waals surface area contributed by atoms with Gasteiger partial charge < -0.3 is 10.6 Å². The van der Waals surface area contributed by atoms with Gasteiger partial charge in [0.2, 0.25) is 0 Å². The first kappa shape index (κ1) is 15.8. The van der Waals surface area contributed by atoms with Crippen LogP contribution in [0.5, 0.6) is 0 Å². The number of halogens is 3. The van der Waals surface area contributed by atoms with Crippen LogP contribution in [0.1, 0.15) is 37.0 Å². The van der Waals surface area contributed by atoms with Gasteiger partial charge in [-0.25, -0.2) is 13.2 Å². The first-order valence-electron chi connectivity index (χ1n) is 6.97. The van der Waals surface area contributed by atoms with Crippen molar-refractivity contribution in [1.29, 1.82) is 0 Å². The molecule has 6 heteroatoms. The van der Waals surface area contributed by atoms with E-state index in [2.05, 4.69) is 24.5 Å². The lowest BCUT2D eigenvalue weighted by molar-refractivity contribution is 0.0920. The SMILES string of the molecule is CC1(C)CCCNC1CNC(=O)c1c(F)cc(F)cc1F. The van der Waals surface area contributed by atoms with Crippen molar-refractivity contribution >= 4 is 5.91 Å². The van der Waals surface area contributed by atoms with Crippen LogP contribution in [0.2, 0.25) is 0 Å². The van der Waals surface area contributed by atoms with Crippen molar-refractivity contribution in [3.63, 3.8) is 0 Å². The van der Waals surface area contributed by atoms with Crippen LogP contribution in [0, 0.1) is 22.9 Å². The molecule has 1 aliphatic rings. The zero-order chi connectivity index (χ0) is 15.6. The van der Waals surface area contributed by atoms with Gasteiger partial charge in [-0.2, -0.15) is 0 Å². The molecule has 1 unspecified atom stereocenters. The number of carbonyl (C=O) groups is 1. The summed E-state index contributed by atoms with van der Waals surface area (Å²) in [4.78, 5) is 11.9. The minimum Gasteiger partial charge on any atom is -0.350 e. The number of piperidine rings is 1. The van der Waals surface area contributed by atoms with Crippen molar-refractivity contribution in [1.82, 2.24) is 10.6 Å². The number of amides is 1. The second-order valence-electron chi connectivity index (χ2n) is 6.05. The molecule has 1 aromatic carbocycles. The van der Waals surface area contributed by atoms with Gasteiger partial charge in [0.05, 0.1) is 0 Å². The van der Waals surface area contributed by atoms with Crippen LogP contribution in [0.25, 0.3) is 0 Å². The lowest BCUT2D eigenvalue weighted by Crippen LogP contribution is -2.52. The smallest absolute Gasteiger partial charge is 0.257 e. The Morgan fingerprint density at radius 3 is 2.52 bits per heavy atom. The highest BCUT2D eigenvalue weighted by atomic mass is 19.1. The zero-order valence-corrected chi connectivity index (χ0v) is 12.1. The molecule has 1 atom stereocenters. The van der Waals surface area contributed by atoms with Crippen molar-refractivity contribution in [2.75, 3.05) is 13.1 Å². The minimum atomic E-state index is -1.19. The van der Waals surface area contributed by atoms with E-state index >= 15 is 0 Å². The Hall–Kier alpha value is -1.56. The summed E-state index contributed by atoms with van der Waals surface area (Å²) >= 11 is 0. The zero-order valence-electron chi connectivity index (χ0n) is 12.1. The maximum Gasteiger partial charge on any atom is 0.257 e. The van der Waals surface area contributed by atoms with E-state index in [0.29, 0.717) is 12.1 Å². The second kappa shape index (κ2) is 6.05. The number of hydrogen-bond donors (Lipinski definition) is 2. The summed E-state index contributed by atoms with van der Waals surface area (Å²) in [5, 5.41) is 5.81. The average molecular weight is 300 g/mol. The predicted molar refractivity (Wildman–Crippen MR) is 73.5 cm³/mol. The molecule has 1 fully saturated rings. The molecule has 0 spiro atoms. The molecule has 1 heterocycles. The van der Waals surface area contributed by atoms with E-state index in [1.54, 1.807) is 0 Å². The van der Waals surface area contributed by atoms with Gasteiger partial charge in [-0.1, -0.05) is 13.8 Å². The van der Waals surface area contributed by atoms with Crippen molar-refractivity contribution in [3.8, 4) is 0 Å². The fourth-order valence-corrected chi connectivity index (χ4v) is 2.66. The third-order valence-corrected chi connectivity index (χ3v) is 4.03. The number of hydrogen-bond acceptors (Lipinski definition) is 2. The molecular formula is C15H19F3N2O. The molecule has 1 aromatic rings. The van der Waals surface area contributed by atoms with Crippen molar-refractivity contribution in [2.24, 2.45) is 5.41 Å². The van der Waals surface area contributed by atoms with Gasteiger partial charge >= 0.3 is 0 Å². The highest BCUT2D eigenvalue weighted by molar-refractivity contribution is 5.94. The number of carbonyl (C=O) groups excluding carboxylic acids is 1. The molecule has 3 nitrogen and oxygen atoms in total.